The summed E-state index contributed by atoms with van der Waals surface area (Å²) in [6.45, 7) is 4.95. The molecule has 2 aliphatic heterocycles. The zero-order valence-corrected chi connectivity index (χ0v) is 9.27. The van der Waals surface area contributed by atoms with E-state index in [4.69, 9.17) is 14.2 Å². The van der Waals surface area contributed by atoms with E-state index in [2.05, 4.69) is 0 Å². The molecule has 2 fully saturated rings. The monoisotopic (exact) mass is 218 g/mol. The minimum atomic E-state index is -1.03. The molecule has 0 spiro atoms. The van der Waals surface area contributed by atoms with Crippen LogP contribution in [0, 0.1) is 0 Å². The second-order valence-electron chi connectivity index (χ2n) is 4.72. The van der Waals surface area contributed by atoms with E-state index in [0.717, 1.165) is 0 Å². The van der Waals surface area contributed by atoms with E-state index in [1.54, 1.807) is 0 Å². The summed E-state index contributed by atoms with van der Waals surface area (Å²) in [5, 5.41) is 18.7. The maximum Gasteiger partial charge on any atom is 0.164 e. The van der Waals surface area contributed by atoms with Gasteiger partial charge in [0.2, 0.25) is 0 Å². The smallest absolute Gasteiger partial charge is 0.164 e. The van der Waals surface area contributed by atoms with Crippen molar-refractivity contribution in [1.82, 2.24) is 0 Å². The van der Waals surface area contributed by atoms with Crippen LogP contribution >= 0.6 is 0 Å². The van der Waals surface area contributed by atoms with Gasteiger partial charge in [-0.25, -0.2) is 0 Å². The lowest BCUT2D eigenvalue weighted by Gasteiger charge is -2.31. The molecule has 2 aliphatic rings. The molecule has 0 aromatic heterocycles. The highest BCUT2D eigenvalue weighted by Crippen LogP contribution is 2.43. The maximum absolute atomic E-state index is 9.33. The van der Waals surface area contributed by atoms with Crippen molar-refractivity contribution in [3.8, 4) is 0 Å². The van der Waals surface area contributed by atoms with E-state index < -0.39 is 17.5 Å². The molecule has 0 bridgehead atoms. The van der Waals surface area contributed by atoms with Crippen LogP contribution in [0.4, 0.5) is 0 Å². The summed E-state index contributed by atoms with van der Waals surface area (Å²) >= 11 is 0. The molecule has 15 heavy (non-hydrogen) atoms. The van der Waals surface area contributed by atoms with Crippen molar-refractivity contribution in [3.05, 3.63) is 0 Å². The van der Waals surface area contributed by atoms with Gasteiger partial charge < -0.3 is 24.4 Å². The van der Waals surface area contributed by atoms with Crippen LogP contribution < -0.4 is 0 Å². The Bertz CT molecular complexity index is 248. The van der Waals surface area contributed by atoms with Crippen molar-refractivity contribution < 1.29 is 24.4 Å². The number of fused-ring (bicyclic) bond motifs is 1. The third kappa shape index (κ3) is 1.59. The van der Waals surface area contributed by atoms with Crippen LogP contribution in [0.25, 0.3) is 0 Å². The van der Waals surface area contributed by atoms with Crippen molar-refractivity contribution in [1.29, 1.82) is 0 Å². The molecule has 0 saturated carbocycles. The number of aliphatic hydroxyl groups is 2. The lowest BCUT2D eigenvalue weighted by atomic mass is 9.96. The van der Waals surface area contributed by atoms with Crippen LogP contribution in [0.1, 0.15) is 20.8 Å². The average Bonchev–Trinajstić information content (AvgIpc) is 2.61. The Labute approximate surface area is 88.9 Å². The van der Waals surface area contributed by atoms with Crippen LogP contribution in [0.15, 0.2) is 0 Å². The van der Waals surface area contributed by atoms with Crippen molar-refractivity contribution >= 4 is 0 Å². The van der Waals surface area contributed by atoms with Crippen molar-refractivity contribution in [2.75, 3.05) is 13.2 Å². The molecular formula is C10H18O5. The largest absolute Gasteiger partial charge is 0.393 e. The standard InChI is InChI=1S/C10H18O5/c1-6-7-8(15-9(2,3)14-7)10(4-11,5-12)13-6/h6-8,11-12H,4-5H2,1-3H3/t6?,7-,8?/m1/s1. The highest BCUT2D eigenvalue weighted by Gasteiger charge is 2.61. The lowest BCUT2D eigenvalue weighted by molar-refractivity contribution is -0.220. The summed E-state index contributed by atoms with van der Waals surface area (Å²) < 4.78 is 16.9. The van der Waals surface area contributed by atoms with Gasteiger partial charge in [0, 0.05) is 0 Å². The second kappa shape index (κ2) is 3.40. The van der Waals surface area contributed by atoms with E-state index in [1.165, 1.54) is 0 Å². The van der Waals surface area contributed by atoms with Crippen LogP contribution in [0.3, 0.4) is 0 Å². The van der Waals surface area contributed by atoms with Crippen LogP contribution in [-0.2, 0) is 14.2 Å². The van der Waals surface area contributed by atoms with Gasteiger partial charge in [0.05, 0.1) is 19.3 Å². The molecule has 2 unspecified atom stereocenters. The maximum atomic E-state index is 9.33. The summed E-state index contributed by atoms with van der Waals surface area (Å²) in [6.07, 6.45) is -0.812. The Balaban J connectivity index is 2.25. The summed E-state index contributed by atoms with van der Waals surface area (Å²) in [5.74, 6) is -0.678. The van der Waals surface area contributed by atoms with Crippen LogP contribution in [0.2, 0.25) is 0 Å². The number of rotatable bonds is 2. The van der Waals surface area contributed by atoms with Crippen molar-refractivity contribution in [2.24, 2.45) is 0 Å². The fraction of sp³-hybridized carbons (Fsp3) is 1.00. The van der Waals surface area contributed by atoms with Crippen molar-refractivity contribution in [3.63, 3.8) is 0 Å². The first-order chi connectivity index (χ1) is 6.94. The lowest BCUT2D eigenvalue weighted by Crippen LogP contribution is -2.49. The highest BCUT2D eigenvalue weighted by atomic mass is 16.8. The molecule has 2 N–H and O–H groups in total. The molecule has 2 saturated heterocycles. The minimum Gasteiger partial charge on any atom is -0.393 e. The van der Waals surface area contributed by atoms with Gasteiger partial charge in [-0.05, 0) is 20.8 Å². The molecule has 0 radical (unpaired) electrons. The molecule has 0 amide bonds. The van der Waals surface area contributed by atoms with Gasteiger partial charge in [-0.3, -0.25) is 0 Å². The molecule has 0 aromatic rings. The van der Waals surface area contributed by atoms with E-state index >= 15 is 0 Å². The van der Waals surface area contributed by atoms with Gasteiger partial charge >= 0.3 is 0 Å². The van der Waals surface area contributed by atoms with Crippen LogP contribution in [0.5, 0.6) is 0 Å². The predicted octanol–water partition coefficient (Wildman–Crippen LogP) is -0.351. The first-order valence-electron chi connectivity index (χ1n) is 5.19. The molecule has 88 valence electrons. The first-order valence-corrected chi connectivity index (χ1v) is 5.19. The summed E-state index contributed by atoms with van der Waals surface area (Å²) in [6, 6.07) is 0. The zero-order chi connectivity index (χ0) is 11.3. The number of hydrogen-bond donors (Lipinski definition) is 2. The summed E-state index contributed by atoms with van der Waals surface area (Å²) in [4.78, 5) is 0. The van der Waals surface area contributed by atoms with Gasteiger partial charge in [-0.2, -0.15) is 0 Å². The topological polar surface area (TPSA) is 68.2 Å². The third-order valence-corrected chi connectivity index (χ3v) is 3.07. The SMILES string of the molecule is CC1OC(CO)(CO)C2OC(C)(C)O[C@H]12. The van der Waals surface area contributed by atoms with Crippen LogP contribution in [-0.4, -0.2) is 53.1 Å². The fourth-order valence-electron chi connectivity index (χ4n) is 2.35. The third-order valence-electron chi connectivity index (χ3n) is 3.07. The van der Waals surface area contributed by atoms with E-state index in [1.807, 2.05) is 20.8 Å². The molecule has 5 heteroatoms. The Morgan fingerprint density at radius 3 is 2.20 bits per heavy atom. The molecule has 0 aromatic carbocycles. The number of ether oxygens (including phenoxy) is 3. The number of aliphatic hydroxyl groups excluding tert-OH is 2. The summed E-state index contributed by atoms with van der Waals surface area (Å²) in [5.41, 5.74) is -1.03. The van der Waals surface area contributed by atoms with Gasteiger partial charge in [-0.15, -0.1) is 0 Å². The number of hydrogen-bond acceptors (Lipinski definition) is 5. The van der Waals surface area contributed by atoms with E-state index in [9.17, 15) is 10.2 Å². The zero-order valence-electron chi connectivity index (χ0n) is 9.27. The van der Waals surface area contributed by atoms with E-state index in [-0.39, 0.29) is 25.4 Å². The Kier molecular flexibility index (Phi) is 2.56. The van der Waals surface area contributed by atoms with Crippen molar-refractivity contribution in [2.45, 2.75) is 50.5 Å². The normalized spacial score (nSPS) is 41.8. The Morgan fingerprint density at radius 2 is 1.67 bits per heavy atom. The molecular weight excluding hydrogens is 200 g/mol. The van der Waals surface area contributed by atoms with Gasteiger partial charge in [-0.1, -0.05) is 0 Å². The fourth-order valence-corrected chi connectivity index (χ4v) is 2.35. The second-order valence-corrected chi connectivity index (χ2v) is 4.72. The quantitative estimate of drug-likeness (QED) is 0.663. The first kappa shape index (κ1) is 11.3. The molecule has 0 aliphatic carbocycles. The average molecular weight is 218 g/mol. The molecule has 5 nitrogen and oxygen atoms in total. The van der Waals surface area contributed by atoms with Gasteiger partial charge in [0.25, 0.3) is 0 Å². The Hall–Kier alpha value is -0.200. The minimum absolute atomic E-state index is 0.184. The molecule has 2 heterocycles. The molecule has 3 atom stereocenters. The van der Waals surface area contributed by atoms with E-state index in [0.29, 0.717) is 0 Å². The predicted molar refractivity (Wildman–Crippen MR) is 51.3 cm³/mol. The highest BCUT2D eigenvalue weighted by molar-refractivity contribution is 5.05. The Morgan fingerprint density at radius 1 is 1.07 bits per heavy atom. The van der Waals surface area contributed by atoms with Gasteiger partial charge in [0.15, 0.2) is 5.79 Å². The molecule has 2 rings (SSSR count). The van der Waals surface area contributed by atoms with Gasteiger partial charge in [0.1, 0.15) is 17.8 Å². The summed E-state index contributed by atoms with van der Waals surface area (Å²) in [7, 11) is 0.